The molecule has 1 saturated heterocycles. The molecule has 0 amide bonds. The van der Waals surface area contributed by atoms with Crippen molar-refractivity contribution in [2.24, 2.45) is 7.05 Å². The topological polar surface area (TPSA) is 50.8 Å². The maximum absolute atomic E-state index is 8.94. The second-order valence-corrected chi connectivity index (χ2v) is 4.92. The quantitative estimate of drug-likeness (QED) is 0.770. The van der Waals surface area contributed by atoms with Gasteiger partial charge in [-0.3, -0.25) is 0 Å². The Morgan fingerprint density at radius 2 is 2.33 bits per heavy atom. The third-order valence-electron chi connectivity index (χ3n) is 3.61. The van der Waals surface area contributed by atoms with Gasteiger partial charge in [0.05, 0.1) is 35.4 Å². The van der Waals surface area contributed by atoms with Gasteiger partial charge in [-0.05, 0) is 31.5 Å². The van der Waals surface area contributed by atoms with Gasteiger partial charge in [-0.15, -0.1) is 0 Å². The second kappa shape index (κ2) is 4.11. The molecule has 3 rings (SSSR count). The van der Waals surface area contributed by atoms with E-state index in [4.69, 9.17) is 10.00 Å². The van der Waals surface area contributed by atoms with Crippen LogP contribution in [0.2, 0.25) is 0 Å². The molecule has 1 fully saturated rings. The van der Waals surface area contributed by atoms with Crippen molar-refractivity contribution < 1.29 is 4.74 Å². The van der Waals surface area contributed by atoms with E-state index in [0.717, 1.165) is 29.9 Å². The summed E-state index contributed by atoms with van der Waals surface area (Å²) in [4.78, 5) is 4.68. The Bertz CT molecular complexity index is 638. The van der Waals surface area contributed by atoms with Crippen LogP contribution < -0.4 is 0 Å². The lowest BCUT2D eigenvalue weighted by molar-refractivity contribution is 0.123. The number of fused-ring (bicyclic) bond motifs is 1. The fraction of sp³-hybridized carbons (Fsp3) is 0.429. The van der Waals surface area contributed by atoms with Gasteiger partial charge in [0.2, 0.25) is 0 Å². The van der Waals surface area contributed by atoms with Crippen molar-refractivity contribution in [1.29, 1.82) is 5.26 Å². The average Bonchev–Trinajstić information content (AvgIpc) is 2.94. The standard InChI is InChI=1S/C14H15N3O/c1-9-5-11(8-18-9)14-16-12-4-3-10(7-15)6-13(12)17(14)2/h3-4,6,9,11H,5,8H2,1-2H3. The number of nitrogens with zero attached hydrogens (tertiary/aromatic N) is 3. The third-order valence-corrected chi connectivity index (χ3v) is 3.61. The van der Waals surface area contributed by atoms with Gasteiger partial charge >= 0.3 is 0 Å². The Labute approximate surface area is 106 Å². The van der Waals surface area contributed by atoms with Crippen LogP contribution in [0.25, 0.3) is 11.0 Å². The highest BCUT2D eigenvalue weighted by molar-refractivity contribution is 5.77. The monoisotopic (exact) mass is 241 g/mol. The Balaban J connectivity index is 2.09. The predicted octanol–water partition coefficient (Wildman–Crippen LogP) is 2.34. The number of benzene rings is 1. The lowest BCUT2D eigenvalue weighted by Crippen LogP contribution is -2.06. The summed E-state index contributed by atoms with van der Waals surface area (Å²) in [6.07, 6.45) is 1.33. The summed E-state index contributed by atoms with van der Waals surface area (Å²) in [5.74, 6) is 1.42. The molecule has 1 aromatic heterocycles. The molecule has 0 N–H and O–H groups in total. The SMILES string of the molecule is CC1CC(c2nc3ccc(C#N)cc3n2C)CO1. The van der Waals surface area contributed by atoms with E-state index >= 15 is 0 Å². The molecule has 2 unspecified atom stereocenters. The molecule has 1 aliphatic heterocycles. The fourth-order valence-electron chi connectivity index (χ4n) is 2.64. The molecular weight excluding hydrogens is 226 g/mol. The average molecular weight is 241 g/mol. The van der Waals surface area contributed by atoms with E-state index in [2.05, 4.69) is 22.5 Å². The summed E-state index contributed by atoms with van der Waals surface area (Å²) in [6.45, 7) is 2.83. The van der Waals surface area contributed by atoms with Crippen molar-refractivity contribution in [3.8, 4) is 6.07 Å². The third kappa shape index (κ3) is 1.68. The molecular formula is C14H15N3O. The summed E-state index contributed by atoms with van der Waals surface area (Å²) in [5, 5.41) is 8.94. The fourth-order valence-corrected chi connectivity index (χ4v) is 2.64. The smallest absolute Gasteiger partial charge is 0.115 e. The Morgan fingerprint density at radius 1 is 1.50 bits per heavy atom. The Hall–Kier alpha value is -1.86. The van der Waals surface area contributed by atoms with E-state index in [1.54, 1.807) is 0 Å². The molecule has 0 spiro atoms. The minimum absolute atomic E-state index is 0.310. The van der Waals surface area contributed by atoms with Crippen LogP contribution in [0.15, 0.2) is 18.2 Å². The molecule has 2 heterocycles. The van der Waals surface area contributed by atoms with E-state index in [1.165, 1.54) is 0 Å². The van der Waals surface area contributed by atoms with Crippen LogP contribution in [0, 0.1) is 11.3 Å². The summed E-state index contributed by atoms with van der Waals surface area (Å²) < 4.78 is 7.70. The molecule has 18 heavy (non-hydrogen) atoms. The lowest BCUT2D eigenvalue weighted by atomic mass is 10.1. The first kappa shape index (κ1) is 11.2. The van der Waals surface area contributed by atoms with Gasteiger partial charge in [0.1, 0.15) is 5.82 Å². The number of rotatable bonds is 1. The van der Waals surface area contributed by atoms with Crippen molar-refractivity contribution in [3.05, 3.63) is 29.6 Å². The zero-order valence-electron chi connectivity index (χ0n) is 10.6. The number of nitriles is 1. The van der Waals surface area contributed by atoms with Crippen LogP contribution in [0.4, 0.5) is 0 Å². The number of imidazole rings is 1. The van der Waals surface area contributed by atoms with Gasteiger partial charge < -0.3 is 9.30 Å². The van der Waals surface area contributed by atoms with Gasteiger partial charge in [-0.25, -0.2) is 4.98 Å². The first-order valence-electron chi connectivity index (χ1n) is 6.17. The van der Waals surface area contributed by atoms with Crippen LogP contribution in [0.1, 0.15) is 30.7 Å². The maximum atomic E-state index is 8.94. The minimum Gasteiger partial charge on any atom is -0.378 e. The maximum Gasteiger partial charge on any atom is 0.115 e. The highest BCUT2D eigenvalue weighted by Crippen LogP contribution is 2.30. The predicted molar refractivity (Wildman–Crippen MR) is 68.2 cm³/mol. The van der Waals surface area contributed by atoms with Gasteiger partial charge in [0.25, 0.3) is 0 Å². The largest absolute Gasteiger partial charge is 0.378 e. The molecule has 0 radical (unpaired) electrons. The molecule has 2 aromatic rings. The summed E-state index contributed by atoms with van der Waals surface area (Å²) in [7, 11) is 2.01. The zero-order chi connectivity index (χ0) is 12.7. The first-order valence-corrected chi connectivity index (χ1v) is 6.17. The number of aryl methyl sites for hydroxylation is 1. The Kier molecular flexibility index (Phi) is 2.57. The molecule has 1 aliphatic rings. The molecule has 4 heteroatoms. The van der Waals surface area contributed by atoms with Crippen LogP contribution >= 0.6 is 0 Å². The molecule has 4 nitrogen and oxygen atoms in total. The van der Waals surface area contributed by atoms with Gasteiger partial charge in [0.15, 0.2) is 0 Å². The van der Waals surface area contributed by atoms with Gasteiger partial charge in [0, 0.05) is 13.0 Å². The van der Waals surface area contributed by atoms with E-state index < -0.39 is 0 Å². The van der Waals surface area contributed by atoms with Crippen molar-refractivity contribution in [2.45, 2.75) is 25.4 Å². The molecule has 0 aliphatic carbocycles. The van der Waals surface area contributed by atoms with Gasteiger partial charge in [-0.1, -0.05) is 0 Å². The molecule has 92 valence electrons. The Morgan fingerprint density at radius 3 is 3.00 bits per heavy atom. The lowest BCUT2D eigenvalue weighted by Gasteiger charge is -2.07. The number of hydrogen-bond donors (Lipinski definition) is 0. The highest BCUT2D eigenvalue weighted by atomic mass is 16.5. The summed E-state index contributed by atoms with van der Waals surface area (Å²) in [5.41, 5.74) is 2.64. The van der Waals surface area contributed by atoms with Crippen LogP contribution in [0.5, 0.6) is 0 Å². The van der Waals surface area contributed by atoms with Crippen molar-refractivity contribution in [1.82, 2.24) is 9.55 Å². The summed E-state index contributed by atoms with van der Waals surface area (Å²) in [6, 6.07) is 7.79. The second-order valence-electron chi connectivity index (χ2n) is 4.92. The van der Waals surface area contributed by atoms with E-state index in [0.29, 0.717) is 17.6 Å². The molecule has 2 atom stereocenters. The van der Waals surface area contributed by atoms with Crippen molar-refractivity contribution in [3.63, 3.8) is 0 Å². The summed E-state index contributed by atoms with van der Waals surface area (Å²) >= 11 is 0. The molecule has 0 saturated carbocycles. The zero-order valence-corrected chi connectivity index (χ0v) is 10.6. The normalized spacial score (nSPS) is 23.4. The van der Waals surface area contributed by atoms with Crippen molar-refractivity contribution >= 4 is 11.0 Å². The van der Waals surface area contributed by atoms with Gasteiger partial charge in [-0.2, -0.15) is 5.26 Å². The highest BCUT2D eigenvalue weighted by Gasteiger charge is 2.27. The van der Waals surface area contributed by atoms with Crippen molar-refractivity contribution in [2.75, 3.05) is 6.61 Å². The number of aromatic nitrogens is 2. The number of ether oxygens (including phenoxy) is 1. The van der Waals surface area contributed by atoms with Crippen LogP contribution in [0.3, 0.4) is 0 Å². The molecule has 1 aromatic carbocycles. The van der Waals surface area contributed by atoms with Crippen LogP contribution in [-0.4, -0.2) is 22.3 Å². The van der Waals surface area contributed by atoms with Crippen LogP contribution in [-0.2, 0) is 11.8 Å². The minimum atomic E-state index is 0.310. The first-order chi connectivity index (χ1) is 8.69. The van der Waals surface area contributed by atoms with E-state index in [1.807, 2.05) is 25.2 Å². The van der Waals surface area contributed by atoms with E-state index in [9.17, 15) is 0 Å². The van der Waals surface area contributed by atoms with E-state index in [-0.39, 0.29) is 0 Å². The molecule has 0 bridgehead atoms. The number of hydrogen-bond acceptors (Lipinski definition) is 3.